The first-order valence-corrected chi connectivity index (χ1v) is 6.41. The number of aldehydes is 1. The first-order valence-electron chi connectivity index (χ1n) is 6.03. The predicted octanol–water partition coefficient (Wildman–Crippen LogP) is 3.03. The van der Waals surface area contributed by atoms with Crippen LogP contribution in [0.15, 0.2) is 24.3 Å². The molecule has 2 rings (SSSR count). The Bertz CT molecular complexity index is 593. The van der Waals surface area contributed by atoms with Crippen molar-refractivity contribution in [2.75, 3.05) is 0 Å². The number of rotatable bonds is 5. The zero-order valence-electron chi connectivity index (χ0n) is 10.9. The van der Waals surface area contributed by atoms with E-state index in [1.807, 2.05) is 13.1 Å². The second-order valence-corrected chi connectivity index (χ2v) is 4.63. The van der Waals surface area contributed by atoms with Crippen LogP contribution in [0, 0.1) is 0 Å². The molecular formula is C14H15ClN2O2. The quantitative estimate of drug-likeness (QED) is 0.790. The van der Waals surface area contributed by atoms with Crippen molar-refractivity contribution in [3.05, 3.63) is 46.2 Å². The van der Waals surface area contributed by atoms with Crippen LogP contribution in [0.1, 0.15) is 28.7 Å². The maximum atomic E-state index is 11.0. The van der Waals surface area contributed by atoms with Gasteiger partial charge in [0.2, 0.25) is 0 Å². The van der Waals surface area contributed by atoms with Crippen LogP contribution in [0.5, 0.6) is 5.75 Å². The van der Waals surface area contributed by atoms with E-state index >= 15 is 0 Å². The summed E-state index contributed by atoms with van der Waals surface area (Å²) in [5, 5.41) is 4.86. The molecule has 0 unspecified atom stereocenters. The van der Waals surface area contributed by atoms with Gasteiger partial charge in [0.25, 0.3) is 0 Å². The highest BCUT2D eigenvalue weighted by Crippen LogP contribution is 2.22. The first-order chi connectivity index (χ1) is 9.13. The summed E-state index contributed by atoms with van der Waals surface area (Å²) >= 11 is 5.83. The van der Waals surface area contributed by atoms with Crippen LogP contribution < -0.4 is 4.74 Å². The highest BCUT2D eigenvalue weighted by molar-refractivity contribution is 6.30. The van der Waals surface area contributed by atoms with E-state index < -0.39 is 0 Å². The van der Waals surface area contributed by atoms with Gasteiger partial charge in [0.05, 0.1) is 17.0 Å². The molecule has 0 bridgehead atoms. The van der Waals surface area contributed by atoms with E-state index in [0.717, 1.165) is 24.1 Å². The summed E-state index contributed by atoms with van der Waals surface area (Å²) in [7, 11) is 1.88. The number of aryl methyl sites for hydroxylation is 2. The summed E-state index contributed by atoms with van der Waals surface area (Å²) in [5.74, 6) is 0.527. The summed E-state index contributed by atoms with van der Waals surface area (Å²) in [6, 6.07) is 6.98. The van der Waals surface area contributed by atoms with Crippen LogP contribution in [0.3, 0.4) is 0 Å². The SMILES string of the molecule is CCc1cc(COc2ccc(Cl)cc2C=O)n(C)n1. The van der Waals surface area contributed by atoms with Gasteiger partial charge >= 0.3 is 0 Å². The molecule has 0 fully saturated rings. The third-order valence-electron chi connectivity index (χ3n) is 2.86. The van der Waals surface area contributed by atoms with Gasteiger partial charge in [-0.3, -0.25) is 9.48 Å². The lowest BCUT2D eigenvalue weighted by atomic mass is 10.2. The van der Waals surface area contributed by atoms with Gasteiger partial charge < -0.3 is 4.74 Å². The molecule has 0 aliphatic heterocycles. The normalized spacial score (nSPS) is 10.5. The van der Waals surface area contributed by atoms with Crippen LogP contribution in [0.2, 0.25) is 5.02 Å². The standard InChI is InChI=1S/C14H15ClN2O2/c1-3-12-7-13(17(2)16-12)9-19-14-5-4-11(15)6-10(14)8-18/h4-8H,3,9H2,1-2H3. The van der Waals surface area contributed by atoms with Gasteiger partial charge in [0.15, 0.2) is 6.29 Å². The molecule has 1 heterocycles. The topological polar surface area (TPSA) is 44.1 Å². The van der Waals surface area contributed by atoms with Crippen molar-refractivity contribution in [1.82, 2.24) is 9.78 Å². The molecular weight excluding hydrogens is 264 g/mol. The molecule has 1 aromatic carbocycles. The van der Waals surface area contributed by atoms with Crippen molar-refractivity contribution in [3.8, 4) is 5.75 Å². The van der Waals surface area contributed by atoms with Crippen LogP contribution in [0.25, 0.3) is 0 Å². The Morgan fingerprint density at radius 2 is 2.21 bits per heavy atom. The average Bonchev–Trinajstić information content (AvgIpc) is 2.78. The third-order valence-corrected chi connectivity index (χ3v) is 3.10. The Kier molecular flexibility index (Phi) is 4.22. The second kappa shape index (κ2) is 5.89. The second-order valence-electron chi connectivity index (χ2n) is 4.19. The fraction of sp³-hybridized carbons (Fsp3) is 0.286. The van der Waals surface area contributed by atoms with E-state index in [4.69, 9.17) is 16.3 Å². The summed E-state index contributed by atoms with van der Waals surface area (Å²) in [5.41, 5.74) is 2.43. The molecule has 0 spiro atoms. The highest BCUT2D eigenvalue weighted by atomic mass is 35.5. The number of halogens is 1. The summed E-state index contributed by atoms with van der Waals surface area (Å²) in [6.45, 7) is 2.42. The third kappa shape index (κ3) is 3.15. The van der Waals surface area contributed by atoms with Crippen molar-refractivity contribution >= 4 is 17.9 Å². The number of carbonyl (C=O) groups is 1. The average molecular weight is 279 g/mol. The molecule has 0 radical (unpaired) electrons. The number of carbonyl (C=O) groups excluding carboxylic acids is 1. The Balaban J connectivity index is 2.13. The molecule has 4 nitrogen and oxygen atoms in total. The van der Waals surface area contributed by atoms with Crippen LogP contribution in [-0.4, -0.2) is 16.1 Å². The zero-order valence-corrected chi connectivity index (χ0v) is 11.6. The minimum atomic E-state index is 0.367. The Morgan fingerprint density at radius 1 is 1.42 bits per heavy atom. The van der Waals surface area contributed by atoms with Gasteiger partial charge in [0, 0.05) is 12.1 Å². The Hall–Kier alpha value is -1.81. The largest absolute Gasteiger partial charge is 0.487 e. The van der Waals surface area contributed by atoms with Crippen molar-refractivity contribution in [2.45, 2.75) is 20.0 Å². The van der Waals surface area contributed by atoms with Crippen LogP contribution in [0.4, 0.5) is 0 Å². The fourth-order valence-corrected chi connectivity index (χ4v) is 1.95. The van der Waals surface area contributed by atoms with E-state index in [0.29, 0.717) is 22.9 Å². The number of aromatic nitrogens is 2. The molecule has 0 saturated heterocycles. The van der Waals surface area contributed by atoms with Crippen LogP contribution >= 0.6 is 11.6 Å². The fourth-order valence-electron chi connectivity index (χ4n) is 1.77. The van der Waals surface area contributed by atoms with E-state index in [9.17, 15) is 4.79 Å². The number of ether oxygens (including phenoxy) is 1. The number of hydrogen-bond acceptors (Lipinski definition) is 3. The monoisotopic (exact) mass is 278 g/mol. The molecule has 5 heteroatoms. The van der Waals surface area contributed by atoms with Gasteiger partial charge in [-0.1, -0.05) is 18.5 Å². The van der Waals surface area contributed by atoms with Gasteiger partial charge in [-0.25, -0.2) is 0 Å². The summed E-state index contributed by atoms with van der Waals surface area (Å²) in [4.78, 5) is 11.0. The molecule has 19 heavy (non-hydrogen) atoms. The molecule has 0 atom stereocenters. The molecule has 0 aliphatic carbocycles. The smallest absolute Gasteiger partial charge is 0.153 e. The molecule has 0 N–H and O–H groups in total. The van der Waals surface area contributed by atoms with Gasteiger partial charge in [-0.05, 0) is 30.7 Å². The van der Waals surface area contributed by atoms with Crippen LogP contribution in [-0.2, 0) is 20.1 Å². The molecule has 2 aromatic rings. The molecule has 0 amide bonds. The Labute approximate surface area is 116 Å². The van der Waals surface area contributed by atoms with Gasteiger partial charge in [-0.15, -0.1) is 0 Å². The van der Waals surface area contributed by atoms with E-state index in [2.05, 4.69) is 12.0 Å². The number of benzene rings is 1. The predicted molar refractivity (Wildman–Crippen MR) is 73.8 cm³/mol. The number of hydrogen-bond donors (Lipinski definition) is 0. The highest BCUT2D eigenvalue weighted by Gasteiger charge is 2.07. The van der Waals surface area contributed by atoms with Crippen molar-refractivity contribution in [1.29, 1.82) is 0 Å². The molecule has 0 saturated carbocycles. The van der Waals surface area contributed by atoms with E-state index in [-0.39, 0.29) is 0 Å². The minimum Gasteiger partial charge on any atom is -0.487 e. The van der Waals surface area contributed by atoms with E-state index in [1.165, 1.54) is 0 Å². The van der Waals surface area contributed by atoms with E-state index in [1.54, 1.807) is 22.9 Å². The lowest BCUT2D eigenvalue weighted by Gasteiger charge is -2.08. The lowest BCUT2D eigenvalue weighted by molar-refractivity contribution is 0.111. The van der Waals surface area contributed by atoms with Crippen molar-refractivity contribution in [3.63, 3.8) is 0 Å². The summed E-state index contributed by atoms with van der Waals surface area (Å²) < 4.78 is 7.44. The van der Waals surface area contributed by atoms with Gasteiger partial charge in [-0.2, -0.15) is 5.10 Å². The number of nitrogens with zero attached hydrogens (tertiary/aromatic N) is 2. The Morgan fingerprint density at radius 3 is 2.84 bits per heavy atom. The maximum absolute atomic E-state index is 11.0. The zero-order chi connectivity index (χ0) is 13.8. The lowest BCUT2D eigenvalue weighted by Crippen LogP contribution is -2.04. The summed E-state index contributed by atoms with van der Waals surface area (Å²) in [6.07, 6.45) is 1.62. The molecule has 1 aromatic heterocycles. The first kappa shape index (κ1) is 13.6. The maximum Gasteiger partial charge on any atom is 0.153 e. The molecule has 100 valence electrons. The van der Waals surface area contributed by atoms with Gasteiger partial charge in [0.1, 0.15) is 12.4 Å². The van der Waals surface area contributed by atoms with Crippen molar-refractivity contribution < 1.29 is 9.53 Å². The molecule has 0 aliphatic rings. The van der Waals surface area contributed by atoms with Crippen molar-refractivity contribution in [2.24, 2.45) is 7.05 Å². The minimum absolute atomic E-state index is 0.367.